The summed E-state index contributed by atoms with van der Waals surface area (Å²) in [6.45, 7) is 3.63. The lowest BCUT2D eigenvalue weighted by Crippen LogP contribution is -2.18. The van der Waals surface area contributed by atoms with Crippen LogP contribution in [-0.2, 0) is 9.59 Å². The average Bonchev–Trinajstić information content (AvgIpc) is 2.22. The Hall–Kier alpha value is -1.88. The van der Waals surface area contributed by atoms with Crippen molar-refractivity contribution in [3.8, 4) is 0 Å². The van der Waals surface area contributed by atoms with Crippen LogP contribution in [0.15, 0.2) is 18.2 Å². The highest BCUT2D eigenvalue weighted by Gasteiger charge is 2.07. The van der Waals surface area contributed by atoms with Gasteiger partial charge in [0.1, 0.15) is 0 Å². The highest BCUT2D eigenvalue weighted by atomic mass is 16.2. The highest BCUT2D eigenvalue weighted by Crippen LogP contribution is 2.23. The van der Waals surface area contributed by atoms with E-state index in [1.54, 1.807) is 12.1 Å². The smallest absolute Gasteiger partial charge is 0.225 e. The van der Waals surface area contributed by atoms with E-state index < -0.39 is 0 Å². The van der Waals surface area contributed by atoms with Crippen LogP contribution in [-0.4, -0.2) is 18.4 Å². The van der Waals surface area contributed by atoms with Gasteiger partial charge in [-0.1, -0.05) is 6.07 Å². The summed E-state index contributed by atoms with van der Waals surface area (Å²) in [7, 11) is 0. The van der Waals surface area contributed by atoms with E-state index in [4.69, 9.17) is 5.73 Å². The number of hydrogen-bond acceptors (Lipinski definition) is 3. The van der Waals surface area contributed by atoms with Crippen LogP contribution < -0.4 is 16.4 Å². The monoisotopic (exact) mass is 235 g/mol. The molecule has 0 heterocycles. The molecule has 0 aliphatic rings. The summed E-state index contributed by atoms with van der Waals surface area (Å²) in [5.74, 6) is -0.340. The van der Waals surface area contributed by atoms with Gasteiger partial charge in [0.05, 0.1) is 11.4 Å². The molecule has 0 aromatic heterocycles. The Labute approximate surface area is 100 Å². The number of nitrogens with two attached hydrogens (primary N) is 1. The normalized spacial score (nSPS) is 9.82. The Morgan fingerprint density at radius 3 is 2.53 bits per heavy atom. The van der Waals surface area contributed by atoms with E-state index in [-0.39, 0.29) is 18.2 Å². The molecule has 0 saturated heterocycles. The summed E-state index contributed by atoms with van der Waals surface area (Å²) in [5.41, 5.74) is 7.49. The van der Waals surface area contributed by atoms with Crippen molar-refractivity contribution in [2.24, 2.45) is 5.73 Å². The van der Waals surface area contributed by atoms with Crippen molar-refractivity contribution < 1.29 is 9.59 Å². The number of aryl methyl sites for hydroxylation is 1. The third kappa shape index (κ3) is 4.24. The first kappa shape index (κ1) is 13.2. The lowest BCUT2D eigenvalue weighted by Gasteiger charge is -2.12. The van der Waals surface area contributed by atoms with Crippen LogP contribution >= 0.6 is 0 Å². The second-order valence-electron chi connectivity index (χ2n) is 3.82. The zero-order chi connectivity index (χ0) is 12.8. The second-order valence-corrected chi connectivity index (χ2v) is 3.82. The Balaban J connectivity index is 2.90. The molecule has 0 aliphatic heterocycles. The van der Waals surface area contributed by atoms with Crippen molar-refractivity contribution in [2.45, 2.75) is 20.3 Å². The minimum Gasteiger partial charge on any atom is -0.330 e. The van der Waals surface area contributed by atoms with Gasteiger partial charge in [-0.15, -0.1) is 0 Å². The number of benzene rings is 1. The molecular weight excluding hydrogens is 218 g/mol. The molecule has 1 aromatic rings. The molecule has 1 rings (SSSR count). The fourth-order valence-electron chi connectivity index (χ4n) is 1.40. The van der Waals surface area contributed by atoms with Crippen molar-refractivity contribution in [3.05, 3.63) is 23.8 Å². The standard InChI is InChI=1S/C12H17N3O2/c1-8-3-4-10(14-9(2)16)11(7-8)15-12(17)5-6-13/h3-4,7H,5-6,13H2,1-2H3,(H,14,16)(H,15,17). The molecule has 0 fully saturated rings. The molecule has 92 valence electrons. The van der Waals surface area contributed by atoms with Crippen LogP contribution in [0, 0.1) is 6.92 Å². The lowest BCUT2D eigenvalue weighted by molar-refractivity contribution is -0.116. The Kier molecular flexibility index (Phi) is 4.66. The Morgan fingerprint density at radius 2 is 1.94 bits per heavy atom. The fraction of sp³-hybridized carbons (Fsp3) is 0.333. The summed E-state index contributed by atoms with van der Waals surface area (Å²) in [5, 5.41) is 5.39. The van der Waals surface area contributed by atoms with Crippen molar-refractivity contribution in [1.29, 1.82) is 0 Å². The number of carbonyl (C=O) groups is 2. The van der Waals surface area contributed by atoms with Crippen LogP contribution in [0.25, 0.3) is 0 Å². The van der Waals surface area contributed by atoms with E-state index in [0.29, 0.717) is 17.9 Å². The summed E-state index contributed by atoms with van der Waals surface area (Å²) in [6, 6.07) is 5.43. The molecule has 0 saturated carbocycles. The zero-order valence-corrected chi connectivity index (χ0v) is 10.0. The van der Waals surface area contributed by atoms with Gasteiger partial charge < -0.3 is 16.4 Å². The topological polar surface area (TPSA) is 84.2 Å². The van der Waals surface area contributed by atoms with Gasteiger partial charge in [0.25, 0.3) is 0 Å². The molecule has 0 bridgehead atoms. The van der Waals surface area contributed by atoms with Crippen molar-refractivity contribution in [1.82, 2.24) is 0 Å². The SMILES string of the molecule is CC(=O)Nc1ccc(C)cc1NC(=O)CCN. The molecule has 2 amide bonds. The van der Waals surface area contributed by atoms with Gasteiger partial charge in [0.15, 0.2) is 0 Å². The van der Waals surface area contributed by atoms with E-state index >= 15 is 0 Å². The van der Waals surface area contributed by atoms with Crippen LogP contribution in [0.5, 0.6) is 0 Å². The number of nitrogens with one attached hydrogen (secondary N) is 2. The van der Waals surface area contributed by atoms with Gasteiger partial charge in [-0.2, -0.15) is 0 Å². The quantitative estimate of drug-likeness (QED) is 0.734. The number of rotatable bonds is 4. The molecule has 4 N–H and O–H groups in total. The summed E-state index contributed by atoms with van der Waals surface area (Å²) < 4.78 is 0. The highest BCUT2D eigenvalue weighted by molar-refractivity contribution is 5.99. The minimum atomic E-state index is -0.178. The molecule has 0 aliphatic carbocycles. The molecule has 17 heavy (non-hydrogen) atoms. The van der Waals surface area contributed by atoms with Gasteiger partial charge in [0, 0.05) is 19.9 Å². The molecule has 5 nitrogen and oxygen atoms in total. The van der Waals surface area contributed by atoms with Crippen LogP contribution in [0.1, 0.15) is 18.9 Å². The molecule has 0 atom stereocenters. The molecule has 0 spiro atoms. The Bertz CT molecular complexity index is 430. The van der Waals surface area contributed by atoms with E-state index in [1.165, 1.54) is 6.92 Å². The molecular formula is C12H17N3O2. The van der Waals surface area contributed by atoms with Crippen molar-refractivity contribution >= 4 is 23.2 Å². The maximum Gasteiger partial charge on any atom is 0.225 e. The lowest BCUT2D eigenvalue weighted by atomic mass is 10.2. The minimum absolute atomic E-state index is 0.162. The van der Waals surface area contributed by atoms with Gasteiger partial charge >= 0.3 is 0 Å². The van der Waals surface area contributed by atoms with Gasteiger partial charge in [-0.25, -0.2) is 0 Å². The molecule has 1 aromatic carbocycles. The maximum atomic E-state index is 11.5. The Morgan fingerprint density at radius 1 is 1.24 bits per heavy atom. The first-order chi connectivity index (χ1) is 8.02. The molecule has 0 radical (unpaired) electrons. The van der Waals surface area contributed by atoms with E-state index in [2.05, 4.69) is 10.6 Å². The predicted octanol–water partition coefficient (Wildman–Crippen LogP) is 1.24. The third-order valence-electron chi connectivity index (χ3n) is 2.13. The summed E-state index contributed by atoms with van der Waals surface area (Å²) >= 11 is 0. The second kappa shape index (κ2) is 6.00. The van der Waals surface area contributed by atoms with Gasteiger partial charge in [0.2, 0.25) is 11.8 Å². The maximum absolute atomic E-state index is 11.5. The van der Waals surface area contributed by atoms with Gasteiger partial charge in [-0.05, 0) is 24.6 Å². The predicted molar refractivity (Wildman–Crippen MR) is 67.8 cm³/mol. The van der Waals surface area contributed by atoms with E-state index in [1.807, 2.05) is 13.0 Å². The molecule has 0 unspecified atom stereocenters. The first-order valence-corrected chi connectivity index (χ1v) is 5.41. The van der Waals surface area contributed by atoms with Crippen molar-refractivity contribution in [2.75, 3.05) is 17.2 Å². The zero-order valence-electron chi connectivity index (χ0n) is 10.0. The first-order valence-electron chi connectivity index (χ1n) is 5.41. The number of hydrogen-bond donors (Lipinski definition) is 3. The largest absolute Gasteiger partial charge is 0.330 e. The fourth-order valence-corrected chi connectivity index (χ4v) is 1.40. The van der Waals surface area contributed by atoms with E-state index in [9.17, 15) is 9.59 Å². The van der Waals surface area contributed by atoms with Crippen molar-refractivity contribution in [3.63, 3.8) is 0 Å². The van der Waals surface area contributed by atoms with E-state index in [0.717, 1.165) is 5.56 Å². The van der Waals surface area contributed by atoms with Crippen LogP contribution in [0.3, 0.4) is 0 Å². The summed E-state index contributed by atoms with van der Waals surface area (Å²) in [6.07, 6.45) is 0.257. The average molecular weight is 235 g/mol. The van der Waals surface area contributed by atoms with Crippen LogP contribution in [0.4, 0.5) is 11.4 Å². The molecule has 5 heteroatoms. The third-order valence-corrected chi connectivity index (χ3v) is 2.13. The van der Waals surface area contributed by atoms with Gasteiger partial charge in [-0.3, -0.25) is 9.59 Å². The number of amides is 2. The van der Waals surface area contributed by atoms with Crippen LogP contribution in [0.2, 0.25) is 0 Å². The summed E-state index contributed by atoms with van der Waals surface area (Å²) in [4.78, 5) is 22.5. The number of anilines is 2. The number of carbonyl (C=O) groups excluding carboxylic acids is 2.